The maximum atomic E-state index is 9.88. The second-order valence-electron chi connectivity index (χ2n) is 3.81. The molecule has 0 aliphatic heterocycles. The van der Waals surface area contributed by atoms with Crippen molar-refractivity contribution in [3.63, 3.8) is 0 Å². The van der Waals surface area contributed by atoms with Gasteiger partial charge in [0.05, 0.1) is 0 Å². The third kappa shape index (κ3) is 1.87. The van der Waals surface area contributed by atoms with E-state index in [1.165, 1.54) is 0 Å². The van der Waals surface area contributed by atoms with Gasteiger partial charge in [-0.05, 0) is 31.1 Å². The van der Waals surface area contributed by atoms with Crippen molar-refractivity contribution in [2.24, 2.45) is 0 Å². The molecule has 1 aromatic carbocycles. The normalized spacial score (nSPS) is 15.3. The number of allylic oxidation sites excluding steroid dienone is 5. The molecule has 16 heavy (non-hydrogen) atoms. The monoisotopic (exact) mass is 214 g/mol. The summed E-state index contributed by atoms with van der Waals surface area (Å²) in [7, 11) is 0. The van der Waals surface area contributed by atoms with Crippen LogP contribution < -0.4 is 0 Å². The highest BCUT2D eigenvalue weighted by molar-refractivity contribution is 5.82. The highest BCUT2D eigenvalue weighted by Crippen LogP contribution is 2.32. The van der Waals surface area contributed by atoms with Gasteiger partial charge in [-0.3, -0.25) is 0 Å². The van der Waals surface area contributed by atoms with Crippen molar-refractivity contribution in [2.75, 3.05) is 0 Å². The summed E-state index contributed by atoms with van der Waals surface area (Å²) in [6, 6.07) is 5.34. The van der Waals surface area contributed by atoms with Gasteiger partial charge in [0, 0.05) is 11.1 Å². The third-order valence-electron chi connectivity index (χ3n) is 2.63. The lowest BCUT2D eigenvalue weighted by molar-refractivity contribution is 0.434. The molecule has 1 aliphatic carbocycles. The van der Waals surface area contributed by atoms with Crippen LogP contribution in [-0.2, 0) is 0 Å². The predicted octanol–water partition coefficient (Wildman–Crippen LogP) is 3.49. The summed E-state index contributed by atoms with van der Waals surface area (Å²) in [4.78, 5) is 0. The van der Waals surface area contributed by atoms with Crippen LogP contribution in [0.5, 0.6) is 5.75 Å². The summed E-state index contributed by atoms with van der Waals surface area (Å²) in [6.45, 7) is 1.91. The summed E-state index contributed by atoms with van der Waals surface area (Å²) in [5.74, 6) is 0.389. The molecule has 0 fully saturated rings. The van der Waals surface area contributed by atoms with Gasteiger partial charge in [0.1, 0.15) is 11.5 Å². The van der Waals surface area contributed by atoms with Crippen LogP contribution in [0.2, 0.25) is 0 Å². The van der Waals surface area contributed by atoms with Crippen molar-refractivity contribution in [3.05, 3.63) is 59.4 Å². The fourth-order valence-corrected chi connectivity index (χ4v) is 1.83. The molecular formula is C14H14O2. The second kappa shape index (κ2) is 4.27. The van der Waals surface area contributed by atoms with E-state index in [-0.39, 0.29) is 11.5 Å². The number of rotatable bonds is 1. The van der Waals surface area contributed by atoms with Gasteiger partial charge in [-0.25, -0.2) is 0 Å². The zero-order valence-corrected chi connectivity index (χ0v) is 9.14. The second-order valence-corrected chi connectivity index (χ2v) is 3.81. The summed E-state index contributed by atoms with van der Waals surface area (Å²) in [5.41, 5.74) is 2.31. The predicted molar refractivity (Wildman–Crippen MR) is 65.3 cm³/mol. The Morgan fingerprint density at radius 1 is 1.06 bits per heavy atom. The number of aliphatic hydroxyl groups excluding tert-OH is 1. The molecule has 0 amide bonds. The van der Waals surface area contributed by atoms with Gasteiger partial charge >= 0.3 is 0 Å². The fraction of sp³-hybridized carbons (Fsp3) is 0.143. The first-order chi connectivity index (χ1) is 7.70. The van der Waals surface area contributed by atoms with Gasteiger partial charge in [0.15, 0.2) is 0 Å². The number of hydrogen-bond donors (Lipinski definition) is 2. The molecule has 2 nitrogen and oxygen atoms in total. The highest BCUT2D eigenvalue weighted by atomic mass is 16.3. The van der Waals surface area contributed by atoms with E-state index in [1.54, 1.807) is 18.2 Å². The summed E-state index contributed by atoms with van der Waals surface area (Å²) in [5, 5.41) is 19.7. The minimum Gasteiger partial charge on any atom is -0.507 e. The van der Waals surface area contributed by atoms with Crippen LogP contribution in [0.3, 0.4) is 0 Å². The number of aryl methyl sites for hydroxylation is 1. The first kappa shape index (κ1) is 10.6. The van der Waals surface area contributed by atoms with E-state index < -0.39 is 0 Å². The van der Waals surface area contributed by atoms with Gasteiger partial charge in [-0.2, -0.15) is 0 Å². The Balaban J connectivity index is 2.63. The van der Waals surface area contributed by atoms with Gasteiger partial charge in [-0.15, -0.1) is 0 Å². The summed E-state index contributed by atoms with van der Waals surface area (Å²) in [6.07, 6.45) is 8.15. The van der Waals surface area contributed by atoms with Gasteiger partial charge < -0.3 is 10.2 Å². The van der Waals surface area contributed by atoms with Crippen LogP contribution in [0.25, 0.3) is 5.57 Å². The van der Waals surface area contributed by atoms with Crippen molar-refractivity contribution in [1.29, 1.82) is 0 Å². The largest absolute Gasteiger partial charge is 0.507 e. The number of benzene rings is 1. The summed E-state index contributed by atoms with van der Waals surface area (Å²) >= 11 is 0. The van der Waals surface area contributed by atoms with Crippen molar-refractivity contribution < 1.29 is 10.2 Å². The topological polar surface area (TPSA) is 40.5 Å². The van der Waals surface area contributed by atoms with Crippen molar-refractivity contribution in [3.8, 4) is 5.75 Å². The van der Waals surface area contributed by atoms with Gasteiger partial charge in [0.2, 0.25) is 0 Å². The fourth-order valence-electron chi connectivity index (χ4n) is 1.83. The first-order valence-corrected chi connectivity index (χ1v) is 5.25. The highest BCUT2D eigenvalue weighted by Gasteiger charge is 2.12. The van der Waals surface area contributed by atoms with E-state index in [1.807, 2.05) is 31.2 Å². The van der Waals surface area contributed by atoms with Crippen LogP contribution in [0.15, 0.2) is 48.3 Å². The molecule has 0 bridgehead atoms. The van der Waals surface area contributed by atoms with Crippen molar-refractivity contribution in [1.82, 2.24) is 0 Å². The summed E-state index contributed by atoms with van der Waals surface area (Å²) < 4.78 is 0. The molecule has 0 atom stereocenters. The van der Waals surface area contributed by atoms with E-state index in [9.17, 15) is 10.2 Å². The van der Waals surface area contributed by atoms with Crippen molar-refractivity contribution in [2.45, 2.75) is 13.3 Å². The molecule has 1 aromatic rings. The van der Waals surface area contributed by atoms with Crippen LogP contribution in [0.4, 0.5) is 0 Å². The van der Waals surface area contributed by atoms with E-state index >= 15 is 0 Å². The van der Waals surface area contributed by atoms with Crippen molar-refractivity contribution >= 4 is 5.57 Å². The molecule has 0 unspecified atom stereocenters. The Kier molecular flexibility index (Phi) is 2.82. The average molecular weight is 214 g/mol. The first-order valence-electron chi connectivity index (χ1n) is 5.25. The van der Waals surface area contributed by atoms with E-state index in [0.29, 0.717) is 11.1 Å². The SMILES string of the molecule is Cc1cccc(O)c1C1=C(O)C=CCC=C1. The lowest BCUT2D eigenvalue weighted by Crippen LogP contribution is -1.91. The standard InChI is InChI=1S/C14H14O2/c1-10-6-5-9-13(16)14(10)11-7-3-2-4-8-12(11)15/h3-9,15-16H,2H2,1H3. The molecule has 0 spiro atoms. The molecule has 2 N–H and O–H groups in total. The molecule has 2 heteroatoms. The molecular weight excluding hydrogens is 200 g/mol. The lowest BCUT2D eigenvalue weighted by atomic mass is 9.98. The van der Waals surface area contributed by atoms with E-state index in [4.69, 9.17) is 0 Å². The Labute approximate surface area is 94.9 Å². The molecule has 0 aromatic heterocycles. The van der Waals surface area contributed by atoms with Crippen LogP contribution in [0.1, 0.15) is 17.5 Å². The number of phenols is 1. The minimum atomic E-state index is 0.193. The van der Waals surface area contributed by atoms with Gasteiger partial charge in [0.25, 0.3) is 0 Å². The average Bonchev–Trinajstić information content (AvgIpc) is 2.44. The molecule has 0 radical (unpaired) electrons. The van der Waals surface area contributed by atoms with Crippen LogP contribution in [0, 0.1) is 6.92 Å². The number of aliphatic hydroxyl groups is 1. The Bertz CT molecular complexity index is 473. The molecule has 0 saturated carbocycles. The number of hydrogen-bond acceptors (Lipinski definition) is 2. The molecule has 2 rings (SSSR count). The van der Waals surface area contributed by atoms with E-state index in [2.05, 4.69) is 0 Å². The number of phenolic OH excluding ortho intramolecular Hbond substituents is 1. The lowest BCUT2D eigenvalue weighted by Gasteiger charge is -2.10. The Morgan fingerprint density at radius 2 is 1.81 bits per heavy atom. The molecule has 1 aliphatic rings. The maximum absolute atomic E-state index is 9.88. The Hall–Kier alpha value is -1.96. The quantitative estimate of drug-likeness (QED) is 0.751. The molecule has 0 heterocycles. The Morgan fingerprint density at radius 3 is 2.56 bits per heavy atom. The van der Waals surface area contributed by atoms with Gasteiger partial charge in [-0.1, -0.05) is 30.4 Å². The minimum absolute atomic E-state index is 0.193. The molecule has 82 valence electrons. The van der Waals surface area contributed by atoms with Crippen LogP contribution in [-0.4, -0.2) is 10.2 Å². The molecule has 0 saturated heterocycles. The van der Waals surface area contributed by atoms with Crippen LogP contribution >= 0.6 is 0 Å². The third-order valence-corrected chi connectivity index (χ3v) is 2.63. The zero-order valence-electron chi connectivity index (χ0n) is 9.14. The zero-order chi connectivity index (χ0) is 11.5. The smallest absolute Gasteiger partial charge is 0.123 e. The number of aromatic hydroxyl groups is 1. The van der Waals surface area contributed by atoms with E-state index in [0.717, 1.165) is 12.0 Å². The maximum Gasteiger partial charge on any atom is 0.123 e.